The van der Waals surface area contributed by atoms with Crippen LogP contribution in [0.4, 0.5) is 0 Å². The molecule has 3 atom stereocenters. The predicted molar refractivity (Wildman–Crippen MR) is 45.2 cm³/mol. The van der Waals surface area contributed by atoms with Gasteiger partial charge < -0.3 is 10.1 Å². The molecule has 2 fully saturated rings. The summed E-state index contributed by atoms with van der Waals surface area (Å²) < 4.78 is 3.90. The molecule has 3 nitrogen and oxygen atoms in total. The van der Waals surface area contributed by atoms with Gasteiger partial charge >= 0.3 is 5.97 Å². The van der Waals surface area contributed by atoms with Gasteiger partial charge in [-0.3, -0.25) is 4.79 Å². The van der Waals surface area contributed by atoms with Gasteiger partial charge in [0.25, 0.3) is 0 Å². The number of rotatable bonds is 1. The molecule has 0 unspecified atom stereocenters. The first-order chi connectivity index (χ1) is 5.59. The van der Waals surface area contributed by atoms with E-state index >= 15 is 0 Å². The first-order valence-corrected chi connectivity index (χ1v) is 4.53. The number of hydrogen-bond donors (Lipinski definition) is 1. The Balaban J connectivity index is 2.08. The molecule has 1 heterocycles. The lowest BCUT2D eigenvalue weighted by Crippen LogP contribution is -2.38. The van der Waals surface area contributed by atoms with Crippen LogP contribution in [0.25, 0.3) is 0 Å². The molecule has 0 aromatic carbocycles. The van der Waals surface area contributed by atoms with Crippen LogP contribution in [0.5, 0.6) is 0 Å². The lowest BCUT2D eigenvalue weighted by molar-refractivity contribution is -0.143. The SMILES string of the molecule is COC(=O)[C@H]1NC[C@H]2[C@@H]1C2(Cl)Cl. The number of piperidine rings is 1. The highest BCUT2D eigenvalue weighted by Gasteiger charge is 2.70. The van der Waals surface area contributed by atoms with Gasteiger partial charge in [0.1, 0.15) is 10.4 Å². The minimum atomic E-state index is -0.704. The van der Waals surface area contributed by atoms with Crippen molar-refractivity contribution in [2.45, 2.75) is 10.4 Å². The predicted octanol–water partition coefficient (Wildman–Crippen LogP) is 0.551. The summed E-state index contributed by atoms with van der Waals surface area (Å²) in [5.74, 6) is -0.0242. The summed E-state index contributed by atoms with van der Waals surface area (Å²) in [5, 5.41) is 3.02. The number of halogens is 2. The number of nitrogens with one attached hydrogen (secondary N) is 1. The highest BCUT2D eigenvalue weighted by molar-refractivity contribution is 6.51. The molecule has 1 saturated carbocycles. The fourth-order valence-electron chi connectivity index (χ4n) is 1.87. The van der Waals surface area contributed by atoms with Crippen LogP contribution < -0.4 is 5.32 Å². The topological polar surface area (TPSA) is 38.3 Å². The van der Waals surface area contributed by atoms with Crippen molar-refractivity contribution in [1.29, 1.82) is 0 Å². The molecule has 1 aliphatic carbocycles. The van der Waals surface area contributed by atoms with Crippen LogP contribution in [-0.2, 0) is 9.53 Å². The Labute approximate surface area is 80.3 Å². The quantitative estimate of drug-likeness (QED) is 0.507. The minimum Gasteiger partial charge on any atom is -0.468 e. The van der Waals surface area contributed by atoms with Crippen LogP contribution in [0.1, 0.15) is 0 Å². The van der Waals surface area contributed by atoms with Gasteiger partial charge in [0.2, 0.25) is 0 Å². The average molecular weight is 210 g/mol. The number of alkyl halides is 2. The maximum atomic E-state index is 11.1. The molecule has 2 aliphatic rings. The molecule has 0 aromatic heterocycles. The van der Waals surface area contributed by atoms with E-state index in [0.717, 1.165) is 0 Å². The molecule has 0 aromatic rings. The highest BCUT2D eigenvalue weighted by Crippen LogP contribution is 2.63. The van der Waals surface area contributed by atoms with Gasteiger partial charge in [-0.25, -0.2) is 0 Å². The second-order valence-electron chi connectivity index (χ2n) is 3.22. The molecule has 5 heteroatoms. The van der Waals surface area contributed by atoms with Crippen molar-refractivity contribution in [1.82, 2.24) is 5.32 Å². The summed E-state index contributed by atoms with van der Waals surface area (Å²) >= 11 is 11.8. The van der Waals surface area contributed by atoms with E-state index in [2.05, 4.69) is 10.1 Å². The van der Waals surface area contributed by atoms with E-state index in [-0.39, 0.29) is 23.8 Å². The molecule has 1 saturated heterocycles. The smallest absolute Gasteiger partial charge is 0.323 e. The molecule has 0 bridgehead atoms. The summed E-state index contributed by atoms with van der Waals surface area (Å²) in [6.07, 6.45) is 0. The zero-order valence-electron chi connectivity index (χ0n) is 6.51. The molecule has 12 heavy (non-hydrogen) atoms. The van der Waals surface area contributed by atoms with E-state index in [9.17, 15) is 4.79 Å². The fourth-order valence-corrected chi connectivity index (χ4v) is 2.73. The number of carbonyl (C=O) groups is 1. The lowest BCUT2D eigenvalue weighted by atomic mass is 10.2. The molecular weight excluding hydrogens is 201 g/mol. The summed E-state index contributed by atoms with van der Waals surface area (Å²) in [4.78, 5) is 11.1. The molecule has 1 N–H and O–H groups in total. The van der Waals surface area contributed by atoms with Crippen LogP contribution in [0.15, 0.2) is 0 Å². The van der Waals surface area contributed by atoms with Gasteiger partial charge in [-0.2, -0.15) is 0 Å². The van der Waals surface area contributed by atoms with Gasteiger partial charge in [0, 0.05) is 18.4 Å². The standard InChI is InChI=1S/C7H9Cl2NO2/c1-12-6(11)5-4-3(2-10-5)7(4,8)9/h3-5,10H,2H2,1H3/t3-,4-,5-/m0/s1. The second-order valence-corrected chi connectivity index (χ2v) is 4.66. The normalized spacial score (nSPS) is 42.1. The maximum absolute atomic E-state index is 11.1. The zero-order valence-corrected chi connectivity index (χ0v) is 8.02. The Morgan fingerprint density at radius 2 is 2.33 bits per heavy atom. The van der Waals surface area contributed by atoms with E-state index in [1.807, 2.05) is 0 Å². The Morgan fingerprint density at radius 1 is 1.67 bits per heavy atom. The Morgan fingerprint density at radius 3 is 2.75 bits per heavy atom. The number of ether oxygens (including phenoxy) is 1. The minimum absolute atomic E-state index is 0.0354. The monoisotopic (exact) mass is 209 g/mol. The van der Waals surface area contributed by atoms with Crippen LogP contribution in [0.2, 0.25) is 0 Å². The largest absolute Gasteiger partial charge is 0.468 e. The van der Waals surface area contributed by atoms with Crippen LogP contribution >= 0.6 is 23.2 Å². The first-order valence-electron chi connectivity index (χ1n) is 3.78. The van der Waals surface area contributed by atoms with Gasteiger partial charge in [-0.15, -0.1) is 23.2 Å². The Kier molecular flexibility index (Phi) is 1.79. The third kappa shape index (κ3) is 0.966. The van der Waals surface area contributed by atoms with Crippen molar-refractivity contribution in [2.75, 3.05) is 13.7 Å². The van der Waals surface area contributed by atoms with Gasteiger partial charge in [0.15, 0.2) is 0 Å². The van der Waals surface area contributed by atoms with Gasteiger partial charge in [-0.05, 0) is 0 Å². The van der Waals surface area contributed by atoms with Crippen molar-refractivity contribution >= 4 is 29.2 Å². The molecule has 68 valence electrons. The molecule has 0 radical (unpaired) electrons. The number of fused-ring (bicyclic) bond motifs is 1. The fraction of sp³-hybridized carbons (Fsp3) is 0.857. The van der Waals surface area contributed by atoms with Crippen LogP contribution in [-0.4, -0.2) is 30.0 Å². The third-order valence-corrected chi connectivity index (χ3v) is 3.70. The summed E-state index contributed by atoms with van der Waals surface area (Å²) in [6.45, 7) is 0.706. The highest BCUT2D eigenvalue weighted by atomic mass is 35.5. The van der Waals surface area contributed by atoms with Crippen LogP contribution in [0, 0.1) is 11.8 Å². The van der Waals surface area contributed by atoms with E-state index in [4.69, 9.17) is 23.2 Å². The molecule has 0 spiro atoms. The molecular formula is C7H9Cl2NO2. The van der Waals surface area contributed by atoms with Crippen molar-refractivity contribution in [3.8, 4) is 0 Å². The second kappa shape index (κ2) is 2.50. The molecule has 2 rings (SSSR count). The van der Waals surface area contributed by atoms with E-state index < -0.39 is 4.33 Å². The van der Waals surface area contributed by atoms with Crippen molar-refractivity contribution in [3.63, 3.8) is 0 Å². The number of carbonyl (C=O) groups excluding carboxylic acids is 1. The third-order valence-electron chi connectivity index (χ3n) is 2.64. The molecule has 0 amide bonds. The summed E-state index contributed by atoms with van der Waals surface area (Å²) in [6, 6.07) is -0.310. The zero-order chi connectivity index (χ0) is 8.93. The number of hydrogen-bond acceptors (Lipinski definition) is 3. The maximum Gasteiger partial charge on any atom is 0.323 e. The summed E-state index contributed by atoms with van der Waals surface area (Å²) in [5.41, 5.74) is 0. The van der Waals surface area contributed by atoms with Crippen LogP contribution in [0.3, 0.4) is 0 Å². The van der Waals surface area contributed by atoms with Gasteiger partial charge in [-0.1, -0.05) is 0 Å². The lowest BCUT2D eigenvalue weighted by Gasteiger charge is -2.13. The Hall–Kier alpha value is 0.01000. The number of esters is 1. The van der Waals surface area contributed by atoms with E-state index in [1.54, 1.807) is 0 Å². The average Bonchev–Trinajstić information content (AvgIpc) is 2.52. The van der Waals surface area contributed by atoms with Crippen molar-refractivity contribution < 1.29 is 9.53 Å². The Bertz CT molecular complexity index is 231. The van der Waals surface area contributed by atoms with E-state index in [0.29, 0.717) is 6.54 Å². The van der Waals surface area contributed by atoms with Crippen molar-refractivity contribution in [3.05, 3.63) is 0 Å². The van der Waals surface area contributed by atoms with E-state index in [1.165, 1.54) is 7.11 Å². The first kappa shape index (κ1) is 8.60. The van der Waals surface area contributed by atoms with Gasteiger partial charge in [0.05, 0.1) is 7.11 Å². The summed E-state index contributed by atoms with van der Waals surface area (Å²) in [7, 11) is 1.36. The van der Waals surface area contributed by atoms with Crippen molar-refractivity contribution in [2.24, 2.45) is 11.8 Å². The molecule has 1 aliphatic heterocycles. The number of methoxy groups -OCH3 is 1.